The van der Waals surface area contributed by atoms with E-state index >= 15 is 0 Å². The summed E-state index contributed by atoms with van der Waals surface area (Å²) >= 11 is 3.57. The zero-order valence-corrected chi connectivity index (χ0v) is 8.69. The van der Waals surface area contributed by atoms with Crippen LogP contribution in [0.2, 0.25) is 0 Å². The largest absolute Gasteiger partial charge is 0.324 e. The van der Waals surface area contributed by atoms with Gasteiger partial charge in [0.15, 0.2) is 0 Å². The monoisotopic (exact) mass is 225 g/mol. The summed E-state index contributed by atoms with van der Waals surface area (Å²) < 4.78 is 1.23. The van der Waals surface area contributed by atoms with Gasteiger partial charge in [-0.2, -0.15) is 0 Å². The quantitative estimate of drug-likeness (QED) is 0.723. The van der Waals surface area contributed by atoms with Crippen molar-refractivity contribution in [2.24, 2.45) is 5.73 Å². The van der Waals surface area contributed by atoms with Crippen molar-refractivity contribution in [3.63, 3.8) is 0 Å². The molecular formula is C10H12BrN. The van der Waals surface area contributed by atoms with Gasteiger partial charge in [-0.3, -0.25) is 0 Å². The average Bonchev–Trinajstić information content (AvgIpc) is 2.33. The minimum absolute atomic E-state index is 0.260. The Labute approximate surface area is 81.1 Å². The molecule has 64 valence electrons. The molecule has 0 spiro atoms. The Bertz CT molecular complexity index is 320. The van der Waals surface area contributed by atoms with E-state index in [0.29, 0.717) is 0 Å². The van der Waals surface area contributed by atoms with Gasteiger partial charge in [-0.15, -0.1) is 0 Å². The van der Waals surface area contributed by atoms with Gasteiger partial charge >= 0.3 is 0 Å². The van der Waals surface area contributed by atoms with E-state index in [2.05, 4.69) is 35.0 Å². The maximum atomic E-state index is 5.96. The Morgan fingerprint density at radius 2 is 2.25 bits per heavy atom. The molecule has 1 atom stereocenters. The van der Waals surface area contributed by atoms with Gasteiger partial charge in [0, 0.05) is 10.5 Å². The van der Waals surface area contributed by atoms with E-state index in [4.69, 9.17) is 5.73 Å². The SMILES string of the molecule is Cc1cc(Br)c2c(c1)C(N)CC2. The second-order valence-electron chi connectivity index (χ2n) is 3.46. The van der Waals surface area contributed by atoms with E-state index in [9.17, 15) is 0 Å². The van der Waals surface area contributed by atoms with Crippen molar-refractivity contribution < 1.29 is 0 Å². The van der Waals surface area contributed by atoms with Crippen LogP contribution in [0.4, 0.5) is 0 Å². The Morgan fingerprint density at radius 3 is 3.00 bits per heavy atom. The number of rotatable bonds is 0. The van der Waals surface area contributed by atoms with E-state index in [0.717, 1.165) is 12.8 Å². The van der Waals surface area contributed by atoms with Gasteiger partial charge in [0.05, 0.1) is 0 Å². The summed E-state index contributed by atoms with van der Waals surface area (Å²) in [6.45, 7) is 2.11. The van der Waals surface area contributed by atoms with Gasteiger partial charge in [-0.05, 0) is 42.5 Å². The molecule has 0 fully saturated rings. The van der Waals surface area contributed by atoms with Gasteiger partial charge in [0.1, 0.15) is 0 Å². The van der Waals surface area contributed by atoms with Crippen molar-refractivity contribution in [2.45, 2.75) is 25.8 Å². The third-order valence-corrected chi connectivity index (χ3v) is 3.19. The zero-order chi connectivity index (χ0) is 8.72. The molecule has 2 heteroatoms. The standard InChI is InChI=1S/C10H12BrN/c1-6-4-8-7(9(11)5-6)2-3-10(8)12/h4-5,10H,2-3,12H2,1H3. The number of halogens is 1. The molecule has 0 heterocycles. The Balaban J connectivity index is 2.60. The summed E-state index contributed by atoms with van der Waals surface area (Å²) in [5.41, 5.74) is 10.00. The molecule has 0 saturated heterocycles. The molecule has 0 aliphatic heterocycles. The Morgan fingerprint density at radius 1 is 1.50 bits per heavy atom. The number of benzene rings is 1. The fourth-order valence-corrected chi connectivity index (χ4v) is 2.64. The summed E-state index contributed by atoms with van der Waals surface area (Å²) in [6.07, 6.45) is 2.22. The van der Waals surface area contributed by atoms with E-state index in [1.165, 1.54) is 21.2 Å². The van der Waals surface area contributed by atoms with Crippen LogP contribution in [0.5, 0.6) is 0 Å². The maximum Gasteiger partial charge on any atom is 0.0301 e. The normalized spacial score (nSPS) is 21.1. The fraction of sp³-hybridized carbons (Fsp3) is 0.400. The summed E-state index contributed by atoms with van der Waals surface area (Å²) in [4.78, 5) is 0. The topological polar surface area (TPSA) is 26.0 Å². The third kappa shape index (κ3) is 1.19. The average molecular weight is 226 g/mol. The highest BCUT2D eigenvalue weighted by molar-refractivity contribution is 9.10. The number of hydrogen-bond donors (Lipinski definition) is 1. The molecule has 2 N–H and O–H groups in total. The van der Waals surface area contributed by atoms with Gasteiger partial charge in [0.2, 0.25) is 0 Å². The van der Waals surface area contributed by atoms with Gasteiger partial charge in [-0.25, -0.2) is 0 Å². The molecular weight excluding hydrogens is 214 g/mol. The Hall–Kier alpha value is -0.340. The lowest BCUT2D eigenvalue weighted by Gasteiger charge is -2.07. The van der Waals surface area contributed by atoms with Gasteiger partial charge < -0.3 is 5.73 Å². The molecule has 0 radical (unpaired) electrons. The number of nitrogens with two attached hydrogens (primary N) is 1. The predicted molar refractivity (Wildman–Crippen MR) is 54.1 cm³/mol. The van der Waals surface area contributed by atoms with Crippen LogP contribution < -0.4 is 5.73 Å². The van der Waals surface area contributed by atoms with Crippen molar-refractivity contribution in [3.8, 4) is 0 Å². The van der Waals surface area contributed by atoms with Crippen LogP contribution in [0, 0.1) is 6.92 Å². The minimum Gasteiger partial charge on any atom is -0.324 e. The number of aryl methyl sites for hydroxylation is 1. The molecule has 2 rings (SSSR count). The summed E-state index contributed by atoms with van der Waals surface area (Å²) in [5, 5.41) is 0. The minimum atomic E-state index is 0.260. The molecule has 0 amide bonds. The van der Waals surface area contributed by atoms with Crippen LogP contribution in [-0.4, -0.2) is 0 Å². The lowest BCUT2D eigenvalue weighted by atomic mass is 10.1. The summed E-state index contributed by atoms with van der Waals surface area (Å²) in [7, 11) is 0. The van der Waals surface area contributed by atoms with Crippen LogP contribution in [-0.2, 0) is 6.42 Å². The van der Waals surface area contributed by atoms with Crippen molar-refractivity contribution in [3.05, 3.63) is 33.3 Å². The first-order chi connectivity index (χ1) is 5.68. The van der Waals surface area contributed by atoms with Crippen molar-refractivity contribution >= 4 is 15.9 Å². The highest BCUT2D eigenvalue weighted by atomic mass is 79.9. The fourth-order valence-electron chi connectivity index (χ4n) is 1.85. The highest BCUT2D eigenvalue weighted by Gasteiger charge is 2.20. The number of hydrogen-bond acceptors (Lipinski definition) is 1. The first-order valence-corrected chi connectivity index (χ1v) is 5.02. The second kappa shape index (κ2) is 2.86. The number of fused-ring (bicyclic) bond motifs is 1. The summed E-state index contributed by atoms with van der Waals surface area (Å²) in [6, 6.07) is 4.63. The van der Waals surface area contributed by atoms with Gasteiger partial charge in [-0.1, -0.05) is 22.0 Å². The van der Waals surface area contributed by atoms with E-state index in [1.807, 2.05) is 0 Å². The summed E-state index contributed by atoms with van der Waals surface area (Å²) in [5.74, 6) is 0. The smallest absolute Gasteiger partial charge is 0.0301 e. The van der Waals surface area contributed by atoms with Crippen LogP contribution in [0.3, 0.4) is 0 Å². The lowest BCUT2D eigenvalue weighted by molar-refractivity contribution is 0.713. The highest BCUT2D eigenvalue weighted by Crippen LogP contribution is 2.35. The van der Waals surface area contributed by atoms with Crippen molar-refractivity contribution in [1.29, 1.82) is 0 Å². The first-order valence-electron chi connectivity index (χ1n) is 4.23. The van der Waals surface area contributed by atoms with Crippen LogP contribution >= 0.6 is 15.9 Å². The van der Waals surface area contributed by atoms with E-state index in [-0.39, 0.29) is 6.04 Å². The molecule has 0 saturated carbocycles. The van der Waals surface area contributed by atoms with E-state index < -0.39 is 0 Å². The van der Waals surface area contributed by atoms with Crippen LogP contribution in [0.15, 0.2) is 16.6 Å². The molecule has 1 nitrogen and oxygen atoms in total. The maximum absolute atomic E-state index is 5.96. The zero-order valence-electron chi connectivity index (χ0n) is 7.10. The molecule has 1 aliphatic rings. The van der Waals surface area contributed by atoms with Crippen LogP contribution in [0.25, 0.3) is 0 Å². The molecule has 1 aromatic carbocycles. The molecule has 0 aromatic heterocycles. The van der Waals surface area contributed by atoms with Crippen molar-refractivity contribution in [2.75, 3.05) is 0 Å². The molecule has 1 aliphatic carbocycles. The van der Waals surface area contributed by atoms with Crippen LogP contribution in [0.1, 0.15) is 29.2 Å². The van der Waals surface area contributed by atoms with Crippen molar-refractivity contribution in [1.82, 2.24) is 0 Å². The van der Waals surface area contributed by atoms with E-state index in [1.54, 1.807) is 0 Å². The molecule has 1 aromatic rings. The lowest BCUT2D eigenvalue weighted by Crippen LogP contribution is -2.05. The predicted octanol–water partition coefficient (Wildman–Crippen LogP) is 2.70. The molecule has 12 heavy (non-hydrogen) atoms. The third-order valence-electron chi connectivity index (χ3n) is 2.48. The first kappa shape index (κ1) is 8.27. The Kier molecular flexibility index (Phi) is 1.97. The molecule has 0 bridgehead atoms. The van der Waals surface area contributed by atoms with Gasteiger partial charge in [0.25, 0.3) is 0 Å². The molecule has 1 unspecified atom stereocenters. The second-order valence-corrected chi connectivity index (χ2v) is 4.31.